The minimum atomic E-state index is 0.513. The summed E-state index contributed by atoms with van der Waals surface area (Å²) in [5, 5.41) is 4.10. The van der Waals surface area contributed by atoms with Crippen molar-refractivity contribution >= 4 is 32.7 Å². The number of hydrogen-bond acceptors (Lipinski definition) is 5. The molecule has 0 aliphatic carbocycles. The van der Waals surface area contributed by atoms with Crippen LogP contribution in [0.3, 0.4) is 0 Å². The van der Waals surface area contributed by atoms with Gasteiger partial charge < -0.3 is 4.42 Å². The first kappa shape index (κ1) is 26.9. The number of aromatic nitrogens is 4. The normalized spacial score (nSPS) is 11.4. The van der Waals surface area contributed by atoms with E-state index >= 15 is 0 Å². The summed E-state index contributed by atoms with van der Waals surface area (Å²) in [6.07, 6.45) is 1.90. The van der Waals surface area contributed by atoms with Gasteiger partial charge in [-0.2, -0.15) is 0 Å². The number of fused-ring (bicyclic) bond motifs is 4. The van der Waals surface area contributed by atoms with E-state index in [1.165, 1.54) is 5.56 Å². The summed E-state index contributed by atoms with van der Waals surface area (Å²) >= 11 is 0. The lowest BCUT2D eigenvalue weighted by atomic mass is 10.0. The Kier molecular flexibility index (Phi) is 6.39. The highest BCUT2D eigenvalue weighted by Gasteiger charge is 2.19. The van der Waals surface area contributed by atoms with Crippen LogP contribution in [0.2, 0.25) is 0 Å². The fourth-order valence-electron chi connectivity index (χ4n) is 6.22. The molecule has 3 heterocycles. The molecule has 0 aliphatic rings. The lowest BCUT2D eigenvalue weighted by Gasteiger charge is -2.10. The molecular weight excluding hydrogens is 576 g/mol. The minimum absolute atomic E-state index is 0.513. The van der Waals surface area contributed by atoms with Crippen LogP contribution < -0.4 is 0 Å². The van der Waals surface area contributed by atoms with Crippen molar-refractivity contribution in [1.82, 2.24) is 19.9 Å². The number of furan rings is 1. The Morgan fingerprint density at radius 3 is 1.79 bits per heavy atom. The van der Waals surface area contributed by atoms with Gasteiger partial charge in [0.25, 0.3) is 0 Å². The van der Waals surface area contributed by atoms with E-state index in [0.29, 0.717) is 23.2 Å². The van der Waals surface area contributed by atoms with Crippen LogP contribution in [0.25, 0.3) is 89.3 Å². The summed E-state index contributed by atoms with van der Waals surface area (Å²) in [4.78, 5) is 19.9. The molecule has 0 bridgehead atoms. The third-order valence-corrected chi connectivity index (χ3v) is 8.57. The first-order chi connectivity index (χ1) is 23.3. The molecule has 0 amide bonds. The van der Waals surface area contributed by atoms with E-state index in [0.717, 1.165) is 60.5 Å². The lowest BCUT2D eigenvalue weighted by Crippen LogP contribution is -2.01. The van der Waals surface area contributed by atoms with Gasteiger partial charge in [-0.05, 0) is 58.0 Å². The highest BCUT2D eigenvalue weighted by Crippen LogP contribution is 2.38. The maximum atomic E-state index is 6.41. The van der Waals surface area contributed by atoms with Crippen molar-refractivity contribution in [3.63, 3.8) is 0 Å². The highest BCUT2D eigenvalue weighted by molar-refractivity contribution is 6.12. The molecule has 0 radical (unpaired) electrons. The average molecular weight is 603 g/mol. The fraction of sp³-hybridized carbons (Fsp3) is 0. The van der Waals surface area contributed by atoms with Gasteiger partial charge >= 0.3 is 0 Å². The van der Waals surface area contributed by atoms with Crippen LogP contribution >= 0.6 is 0 Å². The monoisotopic (exact) mass is 602 g/mol. The minimum Gasteiger partial charge on any atom is -0.456 e. The fourth-order valence-corrected chi connectivity index (χ4v) is 6.22. The third-order valence-electron chi connectivity index (χ3n) is 8.57. The van der Waals surface area contributed by atoms with Crippen molar-refractivity contribution in [2.75, 3.05) is 0 Å². The number of nitrogens with zero attached hydrogens (tertiary/aromatic N) is 4. The molecule has 9 aromatic rings. The molecule has 0 atom stereocenters. The van der Waals surface area contributed by atoms with Crippen molar-refractivity contribution in [1.29, 1.82) is 0 Å². The summed E-state index contributed by atoms with van der Waals surface area (Å²) in [7, 11) is 0. The summed E-state index contributed by atoms with van der Waals surface area (Å²) in [6, 6.07) is 51.6. The molecule has 47 heavy (non-hydrogen) atoms. The van der Waals surface area contributed by atoms with Crippen LogP contribution in [-0.2, 0) is 0 Å². The zero-order valence-electron chi connectivity index (χ0n) is 25.2. The zero-order chi connectivity index (χ0) is 31.2. The number of hydrogen-bond donors (Lipinski definition) is 0. The molecule has 0 aliphatic heterocycles. The third kappa shape index (κ3) is 4.91. The molecule has 0 N–H and O–H groups in total. The summed E-state index contributed by atoms with van der Waals surface area (Å²) in [5.74, 6) is 1.66. The quantitative estimate of drug-likeness (QED) is 0.196. The zero-order valence-corrected chi connectivity index (χ0v) is 25.2. The second-order valence-electron chi connectivity index (χ2n) is 11.5. The van der Waals surface area contributed by atoms with Gasteiger partial charge in [0, 0.05) is 33.5 Å². The van der Waals surface area contributed by atoms with E-state index in [-0.39, 0.29) is 0 Å². The standard InChI is InChI=1S/C42H26N4O/c1-4-11-27(12-5-1)30-19-20-31-24-36(43-26-33(31)23-30)42-45-40(29-15-8-3-9-16-29)44-41(46-42)35-17-10-18-37-39(35)34-22-21-32(25-38(34)47-37)28-13-6-2-7-14-28/h1-26H. The van der Waals surface area contributed by atoms with Crippen molar-refractivity contribution in [3.8, 4) is 56.5 Å². The second kappa shape index (κ2) is 11.2. The Balaban J connectivity index is 1.20. The van der Waals surface area contributed by atoms with Gasteiger partial charge in [0.05, 0.1) is 0 Å². The van der Waals surface area contributed by atoms with Gasteiger partial charge in [-0.3, -0.25) is 4.98 Å². The molecule has 3 aromatic heterocycles. The molecule has 6 aromatic carbocycles. The van der Waals surface area contributed by atoms with Gasteiger partial charge in [0.2, 0.25) is 0 Å². The molecule has 220 valence electrons. The maximum absolute atomic E-state index is 6.41. The molecular formula is C42H26N4O. The predicted molar refractivity (Wildman–Crippen MR) is 190 cm³/mol. The largest absolute Gasteiger partial charge is 0.456 e. The van der Waals surface area contributed by atoms with E-state index in [1.807, 2.05) is 72.9 Å². The summed E-state index contributed by atoms with van der Waals surface area (Å²) < 4.78 is 6.41. The number of pyridine rings is 1. The van der Waals surface area contributed by atoms with E-state index < -0.39 is 0 Å². The summed E-state index contributed by atoms with van der Waals surface area (Å²) in [6.45, 7) is 0. The second-order valence-corrected chi connectivity index (χ2v) is 11.5. The van der Waals surface area contributed by atoms with E-state index in [2.05, 4.69) is 84.9 Å². The van der Waals surface area contributed by atoms with Gasteiger partial charge in [0.1, 0.15) is 16.9 Å². The Hall–Kier alpha value is -6.46. The van der Waals surface area contributed by atoms with Crippen LogP contribution in [0.15, 0.2) is 162 Å². The average Bonchev–Trinajstić information content (AvgIpc) is 3.53. The molecule has 5 heteroatoms. The van der Waals surface area contributed by atoms with Gasteiger partial charge in [0.15, 0.2) is 17.5 Å². The van der Waals surface area contributed by atoms with Crippen LogP contribution in [0.1, 0.15) is 0 Å². The topological polar surface area (TPSA) is 64.7 Å². The van der Waals surface area contributed by atoms with Gasteiger partial charge in [-0.25, -0.2) is 15.0 Å². The molecule has 0 saturated carbocycles. The maximum Gasteiger partial charge on any atom is 0.182 e. The van der Waals surface area contributed by atoms with Gasteiger partial charge in [-0.1, -0.05) is 121 Å². The van der Waals surface area contributed by atoms with Crippen molar-refractivity contribution in [3.05, 3.63) is 158 Å². The Bertz CT molecular complexity index is 2560. The first-order valence-electron chi connectivity index (χ1n) is 15.5. The van der Waals surface area contributed by atoms with E-state index in [9.17, 15) is 0 Å². The Morgan fingerprint density at radius 1 is 0.404 bits per heavy atom. The highest BCUT2D eigenvalue weighted by atomic mass is 16.3. The molecule has 5 nitrogen and oxygen atoms in total. The molecule has 0 spiro atoms. The van der Waals surface area contributed by atoms with Crippen LogP contribution in [-0.4, -0.2) is 19.9 Å². The molecule has 9 rings (SSSR count). The van der Waals surface area contributed by atoms with Crippen LogP contribution in [0.5, 0.6) is 0 Å². The molecule has 0 fully saturated rings. The van der Waals surface area contributed by atoms with E-state index in [1.54, 1.807) is 0 Å². The van der Waals surface area contributed by atoms with Crippen molar-refractivity contribution < 1.29 is 4.42 Å². The molecule has 0 saturated heterocycles. The van der Waals surface area contributed by atoms with Crippen molar-refractivity contribution in [2.24, 2.45) is 0 Å². The summed E-state index contributed by atoms with van der Waals surface area (Å²) in [5.41, 5.74) is 8.63. The predicted octanol–water partition coefficient (Wildman–Crippen LogP) is 10.7. The van der Waals surface area contributed by atoms with Crippen molar-refractivity contribution in [2.45, 2.75) is 0 Å². The Morgan fingerprint density at radius 2 is 1.04 bits per heavy atom. The van der Waals surface area contributed by atoms with Gasteiger partial charge in [-0.15, -0.1) is 0 Å². The number of rotatable bonds is 5. The number of benzene rings is 6. The van der Waals surface area contributed by atoms with E-state index in [4.69, 9.17) is 24.4 Å². The first-order valence-corrected chi connectivity index (χ1v) is 15.5. The Labute approximate surface area is 270 Å². The SMILES string of the molecule is c1ccc(-c2ccc3cc(-c4nc(-c5ccccc5)nc(-c5cccc6oc7cc(-c8ccccc8)ccc7c56)n4)ncc3c2)cc1. The van der Waals surface area contributed by atoms with Crippen LogP contribution in [0, 0.1) is 0 Å². The smallest absolute Gasteiger partial charge is 0.182 e. The lowest BCUT2D eigenvalue weighted by molar-refractivity contribution is 0.669. The molecule has 0 unspecified atom stereocenters. The van der Waals surface area contributed by atoms with Crippen LogP contribution in [0.4, 0.5) is 0 Å².